The molecule has 24 heavy (non-hydrogen) atoms. The molecule has 0 amide bonds. The Bertz CT molecular complexity index is 607. The Morgan fingerprint density at radius 2 is 1.62 bits per heavy atom. The van der Waals surface area contributed by atoms with Crippen LogP contribution in [0.2, 0.25) is 0 Å². The molecule has 3 rings (SSSR count). The van der Waals surface area contributed by atoms with Gasteiger partial charge in [0, 0.05) is 18.2 Å². The highest BCUT2D eigenvalue weighted by Crippen LogP contribution is 2.48. The van der Waals surface area contributed by atoms with Gasteiger partial charge in [0.15, 0.2) is 0 Å². The van der Waals surface area contributed by atoms with Crippen molar-refractivity contribution in [1.29, 1.82) is 0 Å². The van der Waals surface area contributed by atoms with E-state index >= 15 is 0 Å². The summed E-state index contributed by atoms with van der Waals surface area (Å²) >= 11 is 0. The summed E-state index contributed by atoms with van der Waals surface area (Å²) in [5.74, 6) is 1.09. The third kappa shape index (κ3) is 2.78. The minimum atomic E-state index is -0.424. The van der Waals surface area contributed by atoms with Crippen LogP contribution >= 0.6 is 0 Å². The molecule has 0 bridgehead atoms. The number of Topliss-reactive ketones (excluding diaryl/α,β-unsaturated/α-hetero) is 1. The van der Waals surface area contributed by atoms with Crippen molar-refractivity contribution >= 4 is 12.9 Å². The molecule has 1 heterocycles. The number of ketones is 1. The molecule has 0 spiro atoms. The van der Waals surface area contributed by atoms with Crippen LogP contribution in [0.25, 0.3) is 0 Å². The Kier molecular flexibility index (Phi) is 4.29. The first-order valence-electron chi connectivity index (χ1n) is 8.72. The fourth-order valence-corrected chi connectivity index (χ4v) is 3.70. The van der Waals surface area contributed by atoms with Crippen molar-refractivity contribution in [3.05, 3.63) is 29.8 Å². The molecule has 0 aromatic heterocycles. The fourth-order valence-electron chi connectivity index (χ4n) is 3.70. The number of ether oxygens (including phenoxy) is 1. The number of carbonyl (C=O) groups excluding carboxylic acids is 1. The summed E-state index contributed by atoms with van der Waals surface area (Å²) in [6, 6.07) is 7.98. The molecular formula is C19H27BO4. The van der Waals surface area contributed by atoms with Gasteiger partial charge in [0.25, 0.3) is 0 Å². The average Bonchev–Trinajstić information content (AvgIpc) is 2.76. The van der Waals surface area contributed by atoms with E-state index in [9.17, 15) is 4.79 Å². The Balaban J connectivity index is 2.02. The van der Waals surface area contributed by atoms with E-state index in [-0.39, 0.29) is 5.78 Å². The van der Waals surface area contributed by atoms with Crippen LogP contribution in [0.1, 0.15) is 58.9 Å². The summed E-state index contributed by atoms with van der Waals surface area (Å²) in [5.41, 5.74) is 0.282. The van der Waals surface area contributed by atoms with Gasteiger partial charge < -0.3 is 14.0 Å². The zero-order valence-electron chi connectivity index (χ0n) is 15.3. The van der Waals surface area contributed by atoms with Gasteiger partial charge in [-0.15, -0.1) is 0 Å². The van der Waals surface area contributed by atoms with Crippen LogP contribution in [0, 0.1) is 0 Å². The first-order chi connectivity index (χ1) is 11.2. The van der Waals surface area contributed by atoms with E-state index in [1.807, 2.05) is 24.3 Å². The molecule has 1 aromatic rings. The van der Waals surface area contributed by atoms with E-state index in [0.717, 1.165) is 24.2 Å². The monoisotopic (exact) mass is 330 g/mol. The van der Waals surface area contributed by atoms with Crippen molar-refractivity contribution in [3.8, 4) is 5.75 Å². The van der Waals surface area contributed by atoms with Crippen LogP contribution < -0.4 is 4.74 Å². The second kappa shape index (κ2) is 5.89. The molecule has 130 valence electrons. The predicted molar refractivity (Wildman–Crippen MR) is 94.2 cm³/mol. The van der Waals surface area contributed by atoms with Gasteiger partial charge in [-0.3, -0.25) is 4.79 Å². The van der Waals surface area contributed by atoms with Crippen molar-refractivity contribution in [2.75, 3.05) is 7.11 Å². The molecule has 4 nitrogen and oxygen atoms in total. The zero-order valence-corrected chi connectivity index (χ0v) is 15.3. The number of carbonyl (C=O) groups is 1. The third-order valence-electron chi connectivity index (χ3n) is 5.96. The molecule has 1 aliphatic heterocycles. The van der Waals surface area contributed by atoms with E-state index in [4.69, 9.17) is 14.0 Å². The first-order valence-corrected chi connectivity index (χ1v) is 8.72. The minimum absolute atomic E-state index is 0.284. The summed E-state index contributed by atoms with van der Waals surface area (Å²) in [7, 11) is 1.24. The van der Waals surface area contributed by atoms with Crippen LogP contribution in [0.15, 0.2) is 24.3 Å². The van der Waals surface area contributed by atoms with Gasteiger partial charge in [-0.25, -0.2) is 0 Å². The maximum absolute atomic E-state index is 12.3. The van der Waals surface area contributed by atoms with E-state index in [0.29, 0.717) is 12.8 Å². The second-order valence-corrected chi connectivity index (χ2v) is 8.04. The lowest BCUT2D eigenvalue weighted by Gasteiger charge is -2.38. The highest BCUT2D eigenvalue weighted by molar-refractivity contribution is 6.50. The van der Waals surface area contributed by atoms with Crippen molar-refractivity contribution in [3.63, 3.8) is 0 Å². The molecule has 1 aliphatic carbocycles. The van der Waals surface area contributed by atoms with Crippen LogP contribution in [0.3, 0.4) is 0 Å². The van der Waals surface area contributed by atoms with E-state index in [2.05, 4.69) is 27.7 Å². The zero-order chi connectivity index (χ0) is 17.6. The lowest BCUT2D eigenvalue weighted by Crippen LogP contribution is -2.49. The van der Waals surface area contributed by atoms with Gasteiger partial charge in [-0.2, -0.15) is 0 Å². The Labute approximate surface area is 145 Å². The van der Waals surface area contributed by atoms with Crippen LogP contribution in [0.4, 0.5) is 0 Å². The second-order valence-electron chi connectivity index (χ2n) is 8.04. The van der Waals surface area contributed by atoms with Gasteiger partial charge >= 0.3 is 7.12 Å². The maximum Gasteiger partial charge on any atom is 0.469 e. The predicted octanol–water partition coefficient (Wildman–Crippen LogP) is 3.71. The Morgan fingerprint density at radius 1 is 1.04 bits per heavy atom. The molecule has 1 atom stereocenters. The van der Waals surface area contributed by atoms with Crippen LogP contribution in [-0.4, -0.2) is 31.2 Å². The van der Waals surface area contributed by atoms with E-state index in [1.54, 1.807) is 7.11 Å². The number of benzene rings is 1. The number of hydrogen-bond acceptors (Lipinski definition) is 4. The summed E-state index contributed by atoms with van der Waals surface area (Å²) < 4.78 is 18.0. The van der Waals surface area contributed by atoms with Gasteiger partial charge in [0.1, 0.15) is 11.5 Å². The lowest BCUT2D eigenvalue weighted by atomic mass is 9.48. The average molecular weight is 330 g/mol. The van der Waals surface area contributed by atoms with Crippen molar-refractivity contribution in [1.82, 2.24) is 0 Å². The van der Waals surface area contributed by atoms with Crippen LogP contribution in [0.5, 0.6) is 5.75 Å². The summed E-state index contributed by atoms with van der Waals surface area (Å²) in [4.78, 5) is 12.3. The minimum Gasteiger partial charge on any atom is -0.497 e. The molecule has 0 radical (unpaired) electrons. The Morgan fingerprint density at radius 3 is 2.12 bits per heavy atom. The Hall–Kier alpha value is -1.33. The lowest BCUT2D eigenvalue weighted by molar-refractivity contribution is -0.121. The van der Waals surface area contributed by atoms with Gasteiger partial charge in [0.05, 0.1) is 18.3 Å². The van der Waals surface area contributed by atoms with Crippen molar-refractivity contribution in [2.24, 2.45) is 0 Å². The summed E-state index contributed by atoms with van der Waals surface area (Å²) in [5, 5.41) is -0.424. The molecule has 1 aromatic carbocycles. The van der Waals surface area contributed by atoms with Crippen molar-refractivity contribution < 1.29 is 18.8 Å². The normalized spacial score (nSPS) is 28.9. The fraction of sp³-hybridized carbons (Fsp3) is 0.632. The number of hydrogen-bond donors (Lipinski definition) is 0. The number of methoxy groups -OCH3 is 1. The highest BCUT2D eigenvalue weighted by Gasteiger charge is 2.60. The largest absolute Gasteiger partial charge is 0.497 e. The molecule has 0 N–H and O–H groups in total. The van der Waals surface area contributed by atoms with Gasteiger partial charge in [-0.1, -0.05) is 12.1 Å². The van der Waals surface area contributed by atoms with Crippen molar-refractivity contribution in [2.45, 2.75) is 69.9 Å². The molecule has 1 saturated carbocycles. The maximum atomic E-state index is 12.3. The van der Waals surface area contributed by atoms with E-state index < -0.39 is 23.6 Å². The number of rotatable bonds is 3. The summed E-state index contributed by atoms with van der Waals surface area (Å²) in [6.45, 7) is 8.22. The SMILES string of the molecule is COc1ccc([C@]2(B3OC(C)(C)C(C)(C)O3)CCCC(=O)C2)cc1. The topological polar surface area (TPSA) is 44.8 Å². The third-order valence-corrected chi connectivity index (χ3v) is 5.96. The molecule has 2 aliphatic rings. The summed E-state index contributed by atoms with van der Waals surface area (Å²) in [6.07, 6.45) is 2.88. The first kappa shape index (κ1) is 17.5. The van der Waals surface area contributed by atoms with E-state index in [1.165, 1.54) is 0 Å². The van der Waals surface area contributed by atoms with Gasteiger partial charge in [-0.05, 0) is 58.2 Å². The quantitative estimate of drug-likeness (QED) is 0.793. The molecule has 0 unspecified atom stereocenters. The van der Waals surface area contributed by atoms with Crippen LogP contribution in [-0.2, 0) is 19.4 Å². The highest BCUT2D eigenvalue weighted by atomic mass is 16.7. The molecule has 1 saturated heterocycles. The molecular weight excluding hydrogens is 303 g/mol. The van der Waals surface area contributed by atoms with Gasteiger partial charge in [0.2, 0.25) is 0 Å². The molecule has 5 heteroatoms. The molecule has 2 fully saturated rings. The smallest absolute Gasteiger partial charge is 0.469 e. The standard InChI is InChI=1S/C19H27BO4/c1-17(2)18(3,4)24-20(23-17)19(12-6-7-15(21)13-19)14-8-10-16(22-5)11-9-14/h8-11H,6-7,12-13H2,1-5H3/t19-/m0/s1.